The minimum absolute atomic E-state index is 0.0669. The SMILES string of the molecule is CC(C)(C)OC(=O)N1CCCC1COc1ccc(Cc2ccc(Br)cc2)cc1. The van der Waals surface area contributed by atoms with Gasteiger partial charge in [0.05, 0.1) is 6.04 Å². The largest absolute Gasteiger partial charge is 0.491 e. The predicted molar refractivity (Wildman–Crippen MR) is 115 cm³/mol. The summed E-state index contributed by atoms with van der Waals surface area (Å²) in [6, 6.07) is 16.6. The van der Waals surface area contributed by atoms with E-state index >= 15 is 0 Å². The highest BCUT2D eigenvalue weighted by Gasteiger charge is 2.32. The summed E-state index contributed by atoms with van der Waals surface area (Å²) in [6.45, 7) is 6.90. The second-order valence-electron chi connectivity index (χ2n) is 8.23. The van der Waals surface area contributed by atoms with E-state index in [2.05, 4.69) is 52.3 Å². The molecular weight excluding hydrogens is 418 g/mol. The topological polar surface area (TPSA) is 38.8 Å². The lowest BCUT2D eigenvalue weighted by Gasteiger charge is -2.28. The summed E-state index contributed by atoms with van der Waals surface area (Å²) in [5.74, 6) is 0.829. The minimum Gasteiger partial charge on any atom is -0.491 e. The van der Waals surface area contributed by atoms with E-state index in [1.807, 2.05) is 32.9 Å². The molecule has 2 aromatic rings. The van der Waals surface area contributed by atoms with Gasteiger partial charge in [-0.1, -0.05) is 40.2 Å². The number of benzene rings is 2. The molecule has 3 rings (SSSR count). The Balaban J connectivity index is 1.52. The van der Waals surface area contributed by atoms with Gasteiger partial charge in [-0.25, -0.2) is 4.79 Å². The van der Waals surface area contributed by atoms with Gasteiger partial charge in [0.15, 0.2) is 0 Å². The van der Waals surface area contributed by atoms with Crippen molar-refractivity contribution in [2.45, 2.75) is 51.7 Å². The molecule has 4 nitrogen and oxygen atoms in total. The number of carbonyl (C=O) groups is 1. The van der Waals surface area contributed by atoms with E-state index in [0.29, 0.717) is 6.61 Å². The van der Waals surface area contributed by atoms with Crippen LogP contribution < -0.4 is 4.74 Å². The van der Waals surface area contributed by atoms with E-state index in [1.165, 1.54) is 11.1 Å². The van der Waals surface area contributed by atoms with Crippen molar-refractivity contribution in [3.05, 3.63) is 64.1 Å². The molecule has 2 aromatic carbocycles. The van der Waals surface area contributed by atoms with Crippen LogP contribution in [-0.2, 0) is 11.2 Å². The monoisotopic (exact) mass is 445 g/mol. The van der Waals surface area contributed by atoms with Crippen LogP contribution in [0.1, 0.15) is 44.7 Å². The maximum absolute atomic E-state index is 12.4. The predicted octanol–water partition coefficient (Wildman–Crippen LogP) is 5.82. The number of nitrogens with zero attached hydrogens (tertiary/aromatic N) is 1. The van der Waals surface area contributed by atoms with Gasteiger partial charge in [0.1, 0.15) is 18.0 Å². The van der Waals surface area contributed by atoms with E-state index in [1.54, 1.807) is 4.90 Å². The highest BCUT2D eigenvalue weighted by atomic mass is 79.9. The van der Waals surface area contributed by atoms with E-state index in [4.69, 9.17) is 9.47 Å². The molecular formula is C23H28BrNO3. The number of carbonyl (C=O) groups excluding carboxylic acids is 1. The van der Waals surface area contributed by atoms with Crippen LogP contribution in [0.4, 0.5) is 4.79 Å². The molecule has 1 aliphatic heterocycles. The number of hydrogen-bond donors (Lipinski definition) is 0. The molecule has 0 aliphatic carbocycles. The zero-order valence-corrected chi connectivity index (χ0v) is 18.4. The summed E-state index contributed by atoms with van der Waals surface area (Å²) in [5.41, 5.74) is 2.04. The maximum Gasteiger partial charge on any atom is 0.410 e. The van der Waals surface area contributed by atoms with Gasteiger partial charge in [0, 0.05) is 11.0 Å². The summed E-state index contributed by atoms with van der Waals surface area (Å²) >= 11 is 3.46. The normalized spacial score (nSPS) is 16.9. The first-order valence-electron chi connectivity index (χ1n) is 9.76. The van der Waals surface area contributed by atoms with Crippen LogP contribution in [0.5, 0.6) is 5.75 Å². The van der Waals surface area contributed by atoms with Gasteiger partial charge >= 0.3 is 6.09 Å². The van der Waals surface area contributed by atoms with Crippen molar-refractivity contribution in [2.24, 2.45) is 0 Å². The van der Waals surface area contributed by atoms with Crippen molar-refractivity contribution in [3.8, 4) is 5.75 Å². The minimum atomic E-state index is -0.476. The quantitative estimate of drug-likeness (QED) is 0.581. The van der Waals surface area contributed by atoms with Gasteiger partial charge in [0.25, 0.3) is 0 Å². The maximum atomic E-state index is 12.4. The van der Waals surface area contributed by atoms with Crippen LogP contribution >= 0.6 is 15.9 Å². The number of likely N-dealkylation sites (tertiary alicyclic amines) is 1. The third kappa shape index (κ3) is 5.99. The van der Waals surface area contributed by atoms with Crippen molar-refractivity contribution < 1.29 is 14.3 Å². The second-order valence-corrected chi connectivity index (χ2v) is 9.14. The molecule has 0 N–H and O–H groups in total. The molecule has 1 unspecified atom stereocenters. The molecule has 5 heteroatoms. The Morgan fingerprint density at radius 1 is 1.07 bits per heavy atom. The van der Waals surface area contributed by atoms with Gasteiger partial charge < -0.3 is 14.4 Å². The molecule has 150 valence electrons. The van der Waals surface area contributed by atoms with E-state index in [0.717, 1.165) is 36.0 Å². The van der Waals surface area contributed by atoms with Crippen LogP contribution in [0.3, 0.4) is 0 Å². The van der Waals surface area contributed by atoms with Crippen LogP contribution in [0, 0.1) is 0 Å². The molecule has 1 saturated heterocycles. The first-order valence-corrected chi connectivity index (χ1v) is 10.6. The molecule has 0 bridgehead atoms. The highest BCUT2D eigenvalue weighted by Crippen LogP contribution is 2.23. The molecule has 1 aliphatic rings. The molecule has 1 fully saturated rings. The number of hydrogen-bond acceptors (Lipinski definition) is 3. The van der Waals surface area contributed by atoms with Crippen molar-refractivity contribution in [3.63, 3.8) is 0 Å². The Morgan fingerprint density at radius 2 is 1.68 bits per heavy atom. The zero-order chi connectivity index (χ0) is 20.1. The van der Waals surface area contributed by atoms with E-state index < -0.39 is 5.60 Å². The Morgan fingerprint density at radius 3 is 2.29 bits per heavy atom. The Bertz CT molecular complexity index is 781. The lowest BCUT2D eigenvalue weighted by atomic mass is 10.1. The Labute approximate surface area is 176 Å². The molecule has 0 saturated carbocycles. The van der Waals surface area contributed by atoms with Crippen LogP contribution in [-0.4, -0.2) is 35.8 Å². The average Bonchev–Trinajstić information content (AvgIpc) is 3.10. The molecule has 1 amide bonds. The summed E-state index contributed by atoms with van der Waals surface area (Å²) in [4.78, 5) is 14.2. The van der Waals surface area contributed by atoms with Crippen molar-refractivity contribution in [1.29, 1.82) is 0 Å². The van der Waals surface area contributed by atoms with Gasteiger partial charge in [-0.2, -0.15) is 0 Å². The number of halogens is 1. The van der Waals surface area contributed by atoms with Crippen molar-refractivity contribution >= 4 is 22.0 Å². The smallest absolute Gasteiger partial charge is 0.410 e. The molecule has 28 heavy (non-hydrogen) atoms. The van der Waals surface area contributed by atoms with Gasteiger partial charge in [-0.15, -0.1) is 0 Å². The summed E-state index contributed by atoms with van der Waals surface area (Å²) in [7, 11) is 0. The first-order chi connectivity index (χ1) is 13.3. The average molecular weight is 446 g/mol. The number of amides is 1. The van der Waals surface area contributed by atoms with Crippen molar-refractivity contribution in [1.82, 2.24) is 4.90 Å². The molecule has 1 atom stereocenters. The standard InChI is InChI=1S/C23H28BrNO3/c1-23(2,3)28-22(26)25-14-4-5-20(25)16-27-21-12-8-18(9-13-21)15-17-6-10-19(24)11-7-17/h6-13,20H,4-5,14-16H2,1-3H3. The van der Waals surface area contributed by atoms with Crippen LogP contribution in [0.2, 0.25) is 0 Å². The molecule has 1 heterocycles. The second kappa shape index (κ2) is 8.99. The van der Waals surface area contributed by atoms with E-state index in [-0.39, 0.29) is 12.1 Å². The van der Waals surface area contributed by atoms with Crippen LogP contribution in [0.15, 0.2) is 53.0 Å². The van der Waals surface area contributed by atoms with E-state index in [9.17, 15) is 4.79 Å². The zero-order valence-electron chi connectivity index (χ0n) is 16.8. The number of ether oxygens (including phenoxy) is 2. The fourth-order valence-electron chi connectivity index (χ4n) is 3.30. The fourth-order valence-corrected chi connectivity index (χ4v) is 3.57. The summed E-state index contributed by atoms with van der Waals surface area (Å²) in [6.07, 6.45) is 2.58. The van der Waals surface area contributed by atoms with Crippen LogP contribution in [0.25, 0.3) is 0 Å². The molecule has 0 spiro atoms. The molecule has 0 radical (unpaired) electrons. The molecule has 0 aromatic heterocycles. The Hall–Kier alpha value is -2.01. The third-order valence-corrected chi connectivity index (χ3v) is 5.22. The highest BCUT2D eigenvalue weighted by molar-refractivity contribution is 9.10. The lowest BCUT2D eigenvalue weighted by Crippen LogP contribution is -2.42. The number of rotatable bonds is 5. The first kappa shape index (κ1) is 20.7. The summed E-state index contributed by atoms with van der Waals surface area (Å²) < 4.78 is 12.6. The van der Waals surface area contributed by atoms with Gasteiger partial charge in [-0.05, 0) is 75.4 Å². The van der Waals surface area contributed by atoms with Gasteiger partial charge in [-0.3, -0.25) is 0 Å². The Kier molecular flexibility index (Phi) is 6.65. The fraction of sp³-hybridized carbons (Fsp3) is 0.435. The van der Waals surface area contributed by atoms with Gasteiger partial charge in [0.2, 0.25) is 0 Å². The lowest BCUT2D eigenvalue weighted by molar-refractivity contribution is 0.0187. The summed E-state index contributed by atoms with van der Waals surface area (Å²) in [5, 5.41) is 0. The van der Waals surface area contributed by atoms with Crippen molar-refractivity contribution in [2.75, 3.05) is 13.2 Å². The third-order valence-electron chi connectivity index (χ3n) is 4.69.